The molecule has 6 nitrogen and oxygen atoms in total. The van der Waals surface area contributed by atoms with Gasteiger partial charge in [-0.2, -0.15) is 0 Å². The monoisotopic (exact) mass is 423 g/mol. The zero-order chi connectivity index (χ0) is 19.4. The molecule has 1 saturated heterocycles. The van der Waals surface area contributed by atoms with Crippen molar-refractivity contribution in [3.05, 3.63) is 59.7 Å². The summed E-state index contributed by atoms with van der Waals surface area (Å²) in [6.07, 6.45) is 1.90. The number of carbonyl (C=O) groups excluding carboxylic acids is 1. The third-order valence-corrected chi connectivity index (χ3v) is 6.21. The summed E-state index contributed by atoms with van der Waals surface area (Å²) >= 11 is 0. The van der Waals surface area contributed by atoms with E-state index in [0.717, 1.165) is 24.9 Å². The van der Waals surface area contributed by atoms with E-state index in [1.54, 1.807) is 48.5 Å². The average Bonchev–Trinajstić information content (AvgIpc) is 2.64. The molecule has 1 aliphatic heterocycles. The number of amides is 1. The van der Waals surface area contributed by atoms with E-state index in [-0.39, 0.29) is 41.0 Å². The Morgan fingerprint density at radius 1 is 1.11 bits per heavy atom. The van der Waals surface area contributed by atoms with Gasteiger partial charge in [0.25, 0.3) is 15.9 Å². The number of hydrogen-bond acceptors (Lipinski definition) is 4. The normalized spacial score (nSPS) is 19.4. The average molecular weight is 424 g/mol. The van der Waals surface area contributed by atoms with Crippen molar-refractivity contribution in [3.63, 3.8) is 0 Å². The minimum atomic E-state index is -3.77. The van der Waals surface area contributed by atoms with E-state index < -0.39 is 10.0 Å². The molecular formula is C20H26ClN3O3S. The zero-order valence-electron chi connectivity index (χ0n) is 15.9. The second kappa shape index (κ2) is 9.41. The molecule has 2 aromatic carbocycles. The van der Waals surface area contributed by atoms with Gasteiger partial charge < -0.3 is 10.6 Å². The minimum Gasteiger partial charge on any atom is -0.348 e. The van der Waals surface area contributed by atoms with Crippen LogP contribution in [0, 0.1) is 6.92 Å². The molecule has 2 aromatic rings. The zero-order valence-corrected chi connectivity index (χ0v) is 17.6. The van der Waals surface area contributed by atoms with Crippen LogP contribution in [0.4, 0.5) is 5.69 Å². The van der Waals surface area contributed by atoms with Crippen LogP contribution in [0.5, 0.6) is 0 Å². The SMILES string of the molecule is Cc1ccc(S(=O)(=O)Nc2ccccc2C(=O)NC2CCCNC2C)cc1.Cl. The van der Waals surface area contributed by atoms with Crippen LogP contribution in [0.25, 0.3) is 0 Å². The molecule has 152 valence electrons. The Morgan fingerprint density at radius 2 is 1.79 bits per heavy atom. The van der Waals surface area contributed by atoms with E-state index in [9.17, 15) is 13.2 Å². The fourth-order valence-corrected chi connectivity index (χ4v) is 4.26. The number of nitrogens with one attached hydrogen (secondary N) is 3. The summed E-state index contributed by atoms with van der Waals surface area (Å²) in [4.78, 5) is 12.9. The Hall–Kier alpha value is -2.09. The van der Waals surface area contributed by atoms with Crippen molar-refractivity contribution in [2.45, 2.75) is 43.7 Å². The van der Waals surface area contributed by atoms with Gasteiger partial charge in [0.05, 0.1) is 16.1 Å². The third-order valence-electron chi connectivity index (χ3n) is 4.83. The fourth-order valence-electron chi connectivity index (χ4n) is 3.18. The maximum atomic E-state index is 12.8. The van der Waals surface area contributed by atoms with Gasteiger partial charge in [-0.15, -0.1) is 12.4 Å². The third kappa shape index (κ3) is 5.25. The van der Waals surface area contributed by atoms with E-state index in [4.69, 9.17) is 0 Å². The second-order valence-electron chi connectivity index (χ2n) is 6.93. The summed E-state index contributed by atoms with van der Waals surface area (Å²) in [5.74, 6) is -0.280. The van der Waals surface area contributed by atoms with E-state index in [0.29, 0.717) is 5.56 Å². The quantitative estimate of drug-likeness (QED) is 0.689. The van der Waals surface area contributed by atoms with Gasteiger partial charge >= 0.3 is 0 Å². The molecule has 0 aromatic heterocycles. The molecule has 1 aliphatic rings. The lowest BCUT2D eigenvalue weighted by Gasteiger charge is -2.30. The molecule has 0 spiro atoms. The van der Waals surface area contributed by atoms with Gasteiger partial charge in [-0.05, 0) is 57.5 Å². The van der Waals surface area contributed by atoms with Gasteiger partial charge in [0.15, 0.2) is 0 Å². The number of piperidine rings is 1. The molecule has 3 N–H and O–H groups in total. The molecule has 0 radical (unpaired) electrons. The van der Waals surface area contributed by atoms with Crippen molar-refractivity contribution >= 4 is 34.0 Å². The van der Waals surface area contributed by atoms with E-state index in [2.05, 4.69) is 15.4 Å². The van der Waals surface area contributed by atoms with E-state index in [1.807, 2.05) is 13.8 Å². The standard InChI is InChI=1S/C20H25N3O3S.ClH/c1-14-9-11-16(12-10-14)27(25,26)23-19-7-4-3-6-17(19)20(24)22-18-8-5-13-21-15(18)2;/h3-4,6-7,9-12,15,18,21,23H,5,8,13H2,1-2H3,(H,22,24);1H. The summed E-state index contributed by atoms with van der Waals surface area (Å²) in [5.41, 5.74) is 1.56. The van der Waals surface area contributed by atoms with Gasteiger partial charge in [-0.25, -0.2) is 8.42 Å². The number of rotatable bonds is 5. The summed E-state index contributed by atoms with van der Waals surface area (Å²) in [6, 6.07) is 13.4. The van der Waals surface area contributed by atoms with Crippen LogP contribution in [0.2, 0.25) is 0 Å². The number of halogens is 1. The number of anilines is 1. The topological polar surface area (TPSA) is 87.3 Å². The lowest BCUT2D eigenvalue weighted by atomic mass is 9.99. The number of sulfonamides is 1. The van der Waals surface area contributed by atoms with Crippen LogP contribution in [-0.2, 0) is 10.0 Å². The largest absolute Gasteiger partial charge is 0.348 e. The molecule has 1 heterocycles. The lowest BCUT2D eigenvalue weighted by Crippen LogP contribution is -2.52. The van der Waals surface area contributed by atoms with Gasteiger partial charge in [0.1, 0.15) is 0 Å². The van der Waals surface area contributed by atoms with Crippen LogP contribution in [0.1, 0.15) is 35.7 Å². The van der Waals surface area contributed by atoms with Crippen LogP contribution in [0.3, 0.4) is 0 Å². The van der Waals surface area contributed by atoms with E-state index in [1.165, 1.54) is 0 Å². The van der Waals surface area contributed by atoms with Gasteiger partial charge in [0.2, 0.25) is 0 Å². The molecule has 0 aliphatic carbocycles. The molecule has 2 unspecified atom stereocenters. The van der Waals surface area contributed by atoms with Crippen molar-refractivity contribution in [1.29, 1.82) is 0 Å². The molecule has 3 rings (SSSR count). The molecule has 1 amide bonds. The van der Waals surface area contributed by atoms with Crippen molar-refractivity contribution in [1.82, 2.24) is 10.6 Å². The minimum absolute atomic E-state index is 0. The first-order valence-electron chi connectivity index (χ1n) is 9.09. The van der Waals surface area contributed by atoms with Crippen LogP contribution in [0.15, 0.2) is 53.4 Å². The second-order valence-corrected chi connectivity index (χ2v) is 8.61. The molecule has 0 saturated carbocycles. The highest BCUT2D eigenvalue weighted by Crippen LogP contribution is 2.21. The molecular weight excluding hydrogens is 398 g/mol. The fraction of sp³-hybridized carbons (Fsp3) is 0.350. The number of para-hydroxylation sites is 1. The van der Waals surface area contributed by atoms with Crippen molar-refractivity contribution in [2.24, 2.45) is 0 Å². The highest BCUT2D eigenvalue weighted by atomic mass is 35.5. The number of carbonyl (C=O) groups is 1. The van der Waals surface area contributed by atoms with Crippen molar-refractivity contribution in [2.75, 3.05) is 11.3 Å². The van der Waals surface area contributed by atoms with Crippen LogP contribution < -0.4 is 15.4 Å². The number of hydrogen-bond donors (Lipinski definition) is 3. The highest BCUT2D eigenvalue weighted by molar-refractivity contribution is 7.92. The molecule has 1 fully saturated rings. The lowest BCUT2D eigenvalue weighted by molar-refractivity contribution is 0.0921. The molecule has 2 atom stereocenters. The predicted octanol–water partition coefficient (Wildman–Crippen LogP) is 3.09. The Morgan fingerprint density at radius 3 is 2.46 bits per heavy atom. The van der Waals surface area contributed by atoms with E-state index >= 15 is 0 Å². The first-order valence-corrected chi connectivity index (χ1v) is 10.6. The van der Waals surface area contributed by atoms with Crippen LogP contribution in [-0.4, -0.2) is 33.0 Å². The first-order chi connectivity index (χ1) is 12.9. The summed E-state index contributed by atoms with van der Waals surface area (Å²) < 4.78 is 27.9. The molecule has 0 bridgehead atoms. The number of aryl methyl sites for hydroxylation is 1. The number of benzene rings is 2. The highest BCUT2D eigenvalue weighted by Gasteiger charge is 2.24. The first kappa shape index (κ1) is 22.2. The van der Waals surface area contributed by atoms with Gasteiger partial charge in [-0.1, -0.05) is 29.8 Å². The molecule has 28 heavy (non-hydrogen) atoms. The Kier molecular flexibility index (Phi) is 7.46. The summed E-state index contributed by atoms with van der Waals surface area (Å²) in [5, 5.41) is 6.36. The Labute approximate surface area is 172 Å². The maximum absolute atomic E-state index is 12.8. The summed E-state index contributed by atoms with van der Waals surface area (Å²) in [7, 11) is -3.77. The van der Waals surface area contributed by atoms with Gasteiger partial charge in [-0.3, -0.25) is 9.52 Å². The Bertz CT molecular complexity index is 917. The summed E-state index contributed by atoms with van der Waals surface area (Å²) in [6.45, 7) is 4.88. The maximum Gasteiger partial charge on any atom is 0.261 e. The van der Waals surface area contributed by atoms with Crippen LogP contribution >= 0.6 is 12.4 Å². The van der Waals surface area contributed by atoms with Crippen molar-refractivity contribution < 1.29 is 13.2 Å². The van der Waals surface area contributed by atoms with Gasteiger partial charge in [0, 0.05) is 12.1 Å². The molecule has 8 heteroatoms. The Balaban J connectivity index is 0.00000280. The predicted molar refractivity (Wildman–Crippen MR) is 114 cm³/mol. The smallest absolute Gasteiger partial charge is 0.261 e. The van der Waals surface area contributed by atoms with Crippen molar-refractivity contribution in [3.8, 4) is 0 Å².